The molecule has 1 N–H and O–H groups in total. The molecule has 3 aliphatic heterocycles. The third-order valence-electron chi connectivity index (χ3n) is 10.0. The summed E-state index contributed by atoms with van der Waals surface area (Å²) in [6, 6.07) is 8.94. The fourth-order valence-corrected chi connectivity index (χ4v) is 7.75. The van der Waals surface area contributed by atoms with Gasteiger partial charge in [-0.25, -0.2) is 0 Å². The molecule has 3 aliphatic rings. The number of nitrogens with zero attached hydrogens (tertiary/aromatic N) is 2. The predicted molar refractivity (Wildman–Crippen MR) is 163 cm³/mol. The molecule has 11 heteroatoms. The Morgan fingerprint density at radius 2 is 1.56 bits per heavy atom. The largest absolute Gasteiger partial charge is 0.416 e. The minimum Gasteiger partial charge on any atom is -0.307 e. The second kappa shape index (κ2) is 14.3. The smallest absolute Gasteiger partial charge is 0.307 e. The number of Topliss-reactive ketones (excluding diaryl/α,β-unsaturated/α-hetero) is 1. The standard InChI is InChI=1S/C34H42ClF6N3O/c35-28-7-4-6-25(22-28)32(11-17-43-15-8-29(9-16-43)44-13-2-1-3-14-44)10-5-12-42-30(23-32)31(45)20-24-18-26(33(36,37)38)21-27(19-24)34(39,40)41/h4,6-7,18-19,21-22,29-30,42H,1-3,5,8-17,20,23H2. The predicted octanol–water partition coefficient (Wildman–Crippen LogP) is 7.91. The van der Waals surface area contributed by atoms with Crippen molar-refractivity contribution in [2.24, 2.45) is 0 Å². The molecule has 2 unspecified atom stereocenters. The lowest BCUT2D eigenvalue weighted by atomic mass is 9.69. The third-order valence-corrected chi connectivity index (χ3v) is 10.3. The highest BCUT2D eigenvalue weighted by Gasteiger charge is 2.40. The van der Waals surface area contributed by atoms with Crippen molar-refractivity contribution in [3.8, 4) is 0 Å². The number of carbonyl (C=O) groups is 1. The van der Waals surface area contributed by atoms with Gasteiger partial charge in [0.15, 0.2) is 5.78 Å². The van der Waals surface area contributed by atoms with E-state index in [-0.39, 0.29) is 11.6 Å². The third kappa shape index (κ3) is 8.82. The van der Waals surface area contributed by atoms with Gasteiger partial charge in [-0.3, -0.25) is 4.79 Å². The fourth-order valence-electron chi connectivity index (χ4n) is 7.56. The van der Waals surface area contributed by atoms with Crippen molar-refractivity contribution in [2.75, 3.05) is 39.3 Å². The molecule has 4 nitrogen and oxygen atoms in total. The van der Waals surface area contributed by atoms with Gasteiger partial charge in [0.2, 0.25) is 0 Å². The van der Waals surface area contributed by atoms with E-state index in [1.807, 2.05) is 18.2 Å². The summed E-state index contributed by atoms with van der Waals surface area (Å²) in [6.07, 6.45) is -1.63. The molecule has 5 rings (SSSR count). The Morgan fingerprint density at radius 3 is 2.18 bits per heavy atom. The molecule has 0 aliphatic carbocycles. The highest BCUT2D eigenvalue weighted by atomic mass is 35.5. The molecule has 2 aromatic carbocycles. The van der Waals surface area contributed by atoms with Crippen LogP contribution in [0.4, 0.5) is 26.3 Å². The molecular formula is C34H42ClF6N3O. The molecular weight excluding hydrogens is 616 g/mol. The Hall–Kier alpha value is -2.14. The van der Waals surface area contributed by atoms with Gasteiger partial charge < -0.3 is 15.1 Å². The molecule has 248 valence electrons. The Balaban J connectivity index is 1.33. The van der Waals surface area contributed by atoms with E-state index < -0.39 is 47.1 Å². The van der Waals surface area contributed by atoms with Gasteiger partial charge in [0.05, 0.1) is 17.2 Å². The number of piperidine rings is 2. The van der Waals surface area contributed by atoms with Crippen molar-refractivity contribution in [3.05, 3.63) is 69.7 Å². The van der Waals surface area contributed by atoms with E-state index in [9.17, 15) is 31.1 Å². The number of carbonyl (C=O) groups excluding carboxylic acids is 1. The second-order valence-corrected chi connectivity index (χ2v) is 13.5. The van der Waals surface area contributed by atoms with Gasteiger partial charge >= 0.3 is 12.4 Å². The van der Waals surface area contributed by atoms with Crippen LogP contribution in [0.5, 0.6) is 0 Å². The van der Waals surface area contributed by atoms with Crippen LogP contribution in [-0.4, -0.2) is 66.9 Å². The van der Waals surface area contributed by atoms with E-state index >= 15 is 0 Å². The average Bonchev–Trinajstić information content (AvgIpc) is 3.24. The minimum absolute atomic E-state index is 0.0946. The van der Waals surface area contributed by atoms with Gasteiger partial charge in [-0.1, -0.05) is 30.2 Å². The summed E-state index contributed by atoms with van der Waals surface area (Å²) in [6.45, 7) is 5.74. The summed E-state index contributed by atoms with van der Waals surface area (Å²) in [5.74, 6) is -0.418. The van der Waals surface area contributed by atoms with E-state index in [1.165, 1.54) is 32.4 Å². The normalized spacial score (nSPS) is 24.8. The van der Waals surface area contributed by atoms with E-state index in [0.29, 0.717) is 36.2 Å². The minimum atomic E-state index is -4.97. The quantitative estimate of drug-likeness (QED) is 0.293. The zero-order chi connectivity index (χ0) is 32.2. The highest BCUT2D eigenvalue weighted by Crippen LogP contribution is 2.41. The van der Waals surface area contributed by atoms with Gasteiger partial charge in [0.1, 0.15) is 0 Å². The summed E-state index contributed by atoms with van der Waals surface area (Å²) in [4.78, 5) is 18.8. The average molecular weight is 658 g/mol. The van der Waals surface area contributed by atoms with Gasteiger partial charge in [0.25, 0.3) is 0 Å². The van der Waals surface area contributed by atoms with Crippen LogP contribution in [0.1, 0.15) is 80.0 Å². The Bertz CT molecular complexity index is 1270. The second-order valence-electron chi connectivity index (χ2n) is 13.1. The van der Waals surface area contributed by atoms with E-state index in [1.54, 1.807) is 6.07 Å². The zero-order valence-electron chi connectivity index (χ0n) is 25.5. The first-order chi connectivity index (χ1) is 21.3. The number of likely N-dealkylation sites (tertiary alicyclic amines) is 2. The first-order valence-electron chi connectivity index (χ1n) is 16.1. The molecule has 0 aromatic heterocycles. The van der Waals surface area contributed by atoms with Crippen molar-refractivity contribution in [3.63, 3.8) is 0 Å². The summed E-state index contributed by atoms with van der Waals surface area (Å²) in [5, 5.41) is 3.85. The first-order valence-corrected chi connectivity index (χ1v) is 16.5. The number of hydrogen-bond donors (Lipinski definition) is 1. The van der Waals surface area contributed by atoms with Crippen LogP contribution in [0.25, 0.3) is 0 Å². The number of ketones is 1. The highest BCUT2D eigenvalue weighted by molar-refractivity contribution is 6.30. The fraction of sp³-hybridized carbons (Fsp3) is 0.618. The molecule has 0 saturated carbocycles. The lowest BCUT2D eigenvalue weighted by molar-refractivity contribution is -0.143. The number of alkyl halides is 6. The lowest BCUT2D eigenvalue weighted by Crippen LogP contribution is -2.48. The van der Waals surface area contributed by atoms with Gasteiger partial charge in [0, 0.05) is 17.5 Å². The molecule has 3 saturated heterocycles. The van der Waals surface area contributed by atoms with Crippen molar-refractivity contribution >= 4 is 17.4 Å². The van der Waals surface area contributed by atoms with Crippen LogP contribution in [0.15, 0.2) is 42.5 Å². The maximum absolute atomic E-state index is 13.7. The van der Waals surface area contributed by atoms with Crippen LogP contribution in [0, 0.1) is 0 Å². The Morgan fingerprint density at radius 1 is 0.889 bits per heavy atom. The monoisotopic (exact) mass is 657 g/mol. The van der Waals surface area contributed by atoms with E-state index in [0.717, 1.165) is 57.3 Å². The zero-order valence-corrected chi connectivity index (χ0v) is 26.2. The number of nitrogens with one attached hydrogen (secondary N) is 1. The Labute approximate surface area is 266 Å². The van der Waals surface area contributed by atoms with Crippen LogP contribution in [0.3, 0.4) is 0 Å². The Kier molecular flexibility index (Phi) is 10.9. The maximum Gasteiger partial charge on any atom is 0.416 e. The molecule has 2 atom stereocenters. The molecule has 0 spiro atoms. The molecule has 3 fully saturated rings. The molecule has 0 bridgehead atoms. The summed E-state index contributed by atoms with van der Waals surface area (Å²) < 4.78 is 80.9. The molecule has 3 heterocycles. The maximum atomic E-state index is 13.7. The van der Waals surface area contributed by atoms with Crippen molar-refractivity contribution in [2.45, 2.75) is 94.1 Å². The van der Waals surface area contributed by atoms with Gasteiger partial charge in [-0.05, 0) is 138 Å². The SMILES string of the molecule is O=C(Cc1cc(C(F)(F)F)cc(C(F)(F)F)c1)C1CC(CCN2CCC(N3CCCCC3)CC2)(c2cccc(Cl)c2)CCCN1. The molecule has 45 heavy (non-hydrogen) atoms. The molecule has 0 radical (unpaired) electrons. The van der Waals surface area contributed by atoms with Crippen molar-refractivity contribution < 1.29 is 31.1 Å². The summed E-state index contributed by atoms with van der Waals surface area (Å²) in [5.41, 5.74) is -2.53. The number of benzene rings is 2. The number of rotatable bonds is 8. The molecule has 2 aromatic rings. The summed E-state index contributed by atoms with van der Waals surface area (Å²) in [7, 11) is 0. The first kappa shape index (κ1) is 34.2. The summed E-state index contributed by atoms with van der Waals surface area (Å²) >= 11 is 6.43. The van der Waals surface area contributed by atoms with E-state index in [4.69, 9.17) is 11.6 Å². The van der Waals surface area contributed by atoms with Crippen LogP contribution in [-0.2, 0) is 29.0 Å². The van der Waals surface area contributed by atoms with Crippen LogP contribution >= 0.6 is 11.6 Å². The van der Waals surface area contributed by atoms with Gasteiger partial charge in [-0.2, -0.15) is 26.3 Å². The van der Waals surface area contributed by atoms with Crippen LogP contribution < -0.4 is 5.32 Å². The number of halogens is 7. The number of hydrogen-bond acceptors (Lipinski definition) is 4. The van der Waals surface area contributed by atoms with Crippen molar-refractivity contribution in [1.82, 2.24) is 15.1 Å². The van der Waals surface area contributed by atoms with E-state index in [2.05, 4.69) is 15.1 Å². The van der Waals surface area contributed by atoms with Crippen LogP contribution in [0.2, 0.25) is 5.02 Å². The van der Waals surface area contributed by atoms with Gasteiger partial charge in [-0.15, -0.1) is 0 Å². The molecule has 0 amide bonds. The van der Waals surface area contributed by atoms with Crippen molar-refractivity contribution in [1.29, 1.82) is 0 Å². The topological polar surface area (TPSA) is 35.6 Å². The lowest BCUT2D eigenvalue weighted by Gasteiger charge is -2.42.